The molecule has 1 aliphatic heterocycles. The molecule has 4 N–H and O–H groups in total. The smallest absolute Gasteiger partial charge is 0.0526 e. The number of nitrogens with two attached hydrogens (primary N) is 1. The average molecular weight is 271 g/mol. The van der Waals surface area contributed by atoms with E-state index in [1.54, 1.807) is 0 Å². The molecule has 19 heavy (non-hydrogen) atoms. The molecule has 114 valence electrons. The Kier molecular flexibility index (Phi) is 6.74. The largest absolute Gasteiger partial charge is 0.393 e. The third kappa shape index (κ3) is 5.78. The van der Waals surface area contributed by atoms with Crippen molar-refractivity contribution in [3.8, 4) is 0 Å². The van der Waals surface area contributed by atoms with Crippen LogP contribution in [0.2, 0.25) is 0 Å². The van der Waals surface area contributed by atoms with E-state index in [9.17, 15) is 5.11 Å². The van der Waals surface area contributed by atoms with Crippen molar-refractivity contribution in [1.82, 2.24) is 10.2 Å². The van der Waals surface area contributed by atoms with Gasteiger partial charge in [0, 0.05) is 24.7 Å². The van der Waals surface area contributed by atoms with Crippen molar-refractivity contribution < 1.29 is 5.11 Å². The normalized spacial score (nSPS) is 23.5. The van der Waals surface area contributed by atoms with E-state index in [2.05, 4.69) is 31.0 Å². The van der Waals surface area contributed by atoms with Gasteiger partial charge in [0.25, 0.3) is 0 Å². The van der Waals surface area contributed by atoms with Gasteiger partial charge < -0.3 is 21.1 Å². The molecule has 0 amide bonds. The van der Waals surface area contributed by atoms with Crippen molar-refractivity contribution in [3.05, 3.63) is 0 Å². The quantitative estimate of drug-likeness (QED) is 0.651. The molecule has 1 saturated heterocycles. The number of hydrogen-bond donors (Lipinski definition) is 3. The summed E-state index contributed by atoms with van der Waals surface area (Å²) in [7, 11) is 0. The zero-order valence-corrected chi connectivity index (χ0v) is 13.2. The van der Waals surface area contributed by atoms with Crippen LogP contribution in [-0.2, 0) is 0 Å². The summed E-state index contributed by atoms with van der Waals surface area (Å²) in [6.45, 7) is 12.7. The first-order valence-corrected chi connectivity index (χ1v) is 7.75. The van der Waals surface area contributed by atoms with Crippen molar-refractivity contribution in [2.24, 2.45) is 11.7 Å². The minimum absolute atomic E-state index is 0.0712. The molecular formula is C15H33N3O. The first kappa shape index (κ1) is 16.9. The Morgan fingerprint density at radius 2 is 1.79 bits per heavy atom. The summed E-state index contributed by atoms with van der Waals surface area (Å²) in [6.07, 6.45) is 2.76. The monoisotopic (exact) mass is 271 g/mol. The number of rotatable bonds is 7. The lowest BCUT2D eigenvalue weighted by molar-refractivity contribution is 0.107. The molecule has 2 atom stereocenters. The highest BCUT2D eigenvalue weighted by Crippen LogP contribution is 2.23. The topological polar surface area (TPSA) is 61.5 Å². The Morgan fingerprint density at radius 3 is 2.21 bits per heavy atom. The summed E-state index contributed by atoms with van der Waals surface area (Å²) >= 11 is 0. The summed E-state index contributed by atoms with van der Waals surface area (Å²) in [4.78, 5) is 2.54. The summed E-state index contributed by atoms with van der Waals surface area (Å²) < 4.78 is 0. The molecule has 1 fully saturated rings. The molecule has 0 aromatic rings. The predicted molar refractivity (Wildman–Crippen MR) is 81.2 cm³/mol. The molecule has 4 heteroatoms. The lowest BCUT2D eigenvalue weighted by atomic mass is 9.86. The fourth-order valence-electron chi connectivity index (χ4n) is 3.18. The second-order valence-corrected chi connectivity index (χ2v) is 6.81. The molecule has 2 unspecified atom stereocenters. The van der Waals surface area contributed by atoms with Gasteiger partial charge in [0.05, 0.1) is 6.10 Å². The Balaban J connectivity index is 2.46. The number of aliphatic hydroxyl groups is 1. The molecule has 0 aliphatic carbocycles. The summed E-state index contributed by atoms with van der Waals surface area (Å²) in [5, 5.41) is 13.1. The molecule has 0 bridgehead atoms. The van der Waals surface area contributed by atoms with Crippen LogP contribution in [-0.4, -0.2) is 53.9 Å². The van der Waals surface area contributed by atoms with E-state index in [4.69, 9.17) is 5.73 Å². The first-order chi connectivity index (χ1) is 8.87. The molecule has 0 spiro atoms. The molecule has 4 nitrogen and oxygen atoms in total. The van der Waals surface area contributed by atoms with Crippen molar-refractivity contribution in [2.75, 3.05) is 26.2 Å². The maximum Gasteiger partial charge on any atom is 0.0526 e. The Hall–Kier alpha value is -0.160. The average Bonchev–Trinajstić information content (AvgIpc) is 2.30. The maximum atomic E-state index is 9.47. The van der Waals surface area contributed by atoms with E-state index in [1.165, 1.54) is 6.54 Å². The van der Waals surface area contributed by atoms with Gasteiger partial charge in [0.1, 0.15) is 0 Å². The van der Waals surface area contributed by atoms with Gasteiger partial charge in [-0.2, -0.15) is 0 Å². The molecule has 0 aromatic heterocycles. The predicted octanol–water partition coefficient (Wildman–Crippen LogP) is 1.18. The van der Waals surface area contributed by atoms with E-state index in [0.29, 0.717) is 12.6 Å². The van der Waals surface area contributed by atoms with Crippen LogP contribution in [0.5, 0.6) is 0 Å². The molecule has 1 heterocycles. The summed E-state index contributed by atoms with van der Waals surface area (Å²) in [5.41, 5.74) is 6.09. The second kappa shape index (κ2) is 7.58. The van der Waals surface area contributed by atoms with Crippen LogP contribution in [0.25, 0.3) is 0 Å². The molecule has 0 saturated carbocycles. The van der Waals surface area contributed by atoms with Gasteiger partial charge >= 0.3 is 0 Å². The SMILES string of the molecule is CC(C)CN1CCC(CN)(NC(C)CC(C)O)CC1. The van der Waals surface area contributed by atoms with Crippen LogP contribution in [0, 0.1) is 5.92 Å². The standard InChI is InChI=1S/C15H33N3O/c1-12(2)10-18-7-5-15(11-16,6-8-18)17-13(3)9-14(4)19/h12-14,17,19H,5-11,16H2,1-4H3. The number of aliphatic hydroxyl groups excluding tert-OH is 1. The molecule has 1 rings (SSSR count). The summed E-state index contributed by atoms with van der Waals surface area (Å²) in [6, 6.07) is 0.320. The van der Waals surface area contributed by atoms with Gasteiger partial charge in [-0.15, -0.1) is 0 Å². The fraction of sp³-hybridized carbons (Fsp3) is 1.00. The van der Waals surface area contributed by atoms with Crippen LogP contribution >= 0.6 is 0 Å². The van der Waals surface area contributed by atoms with Gasteiger partial charge in [-0.25, -0.2) is 0 Å². The highest BCUT2D eigenvalue weighted by atomic mass is 16.3. The molecule has 0 aromatic carbocycles. The molecule has 1 aliphatic rings. The first-order valence-electron chi connectivity index (χ1n) is 7.75. The van der Waals surface area contributed by atoms with Gasteiger partial charge in [-0.05, 0) is 52.1 Å². The van der Waals surface area contributed by atoms with Crippen LogP contribution in [0.3, 0.4) is 0 Å². The van der Waals surface area contributed by atoms with E-state index < -0.39 is 0 Å². The minimum Gasteiger partial charge on any atom is -0.393 e. The van der Waals surface area contributed by atoms with Crippen LogP contribution in [0.4, 0.5) is 0 Å². The lowest BCUT2D eigenvalue weighted by Gasteiger charge is -2.44. The maximum absolute atomic E-state index is 9.47. The highest BCUT2D eigenvalue weighted by Gasteiger charge is 2.34. The molecule has 0 radical (unpaired) electrons. The van der Waals surface area contributed by atoms with Gasteiger partial charge in [-0.1, -0.05) is 13.8 Å². The Labute approximate surface area is 118 Å². The highest BCUT2D eigenvalue weighted by molar-refractivity contribution is 4.96. The van der Waals surface area contributed by atoms with Crippen LogP contribution in [0.1, 0.15) is 47.0 Å². The minimum atomic E-state index is -0.252. The zero-order chi connectivity index (χ0) is 14.5. The molecular weight excluding hydrogens is 238 g/mol. The summed E-state index contributed by atoms with van der Waals surface area (Å²) in [5.74, 6) is 0.729. The van der Waals surface area contributed by atoms with Crippen molar-refractivity contribution in [1.29, 1.82) is 0 Å². The van der Waals surface area contributed by atoms with Crippen molar-refractivity contribution in [3.63, 3.8) is 0 Å². The van der Waals surface area contributed by atoms with Crippen LogP contribution in [0.15, 0.2) is 0 Å². The lowest BCUT2D eigenvalue weighted by Crippen LogP contribution is -2.60. The number of likely N-dealkylation sites (tertiary alicyclic amines) is 1. The van der Waals surface area contributed by atoms with E-state index in [-0.39, 0.29) is 11.6 Å². The zero-order valence-electron chi connectivity index (χ0n) is 13.2. The van der Waals surface area contributed by atoms with E-state index in [1.807, 2.05) is 6.92 Å². The number of nitrogens with zero attached hydrogens (tertiary/aromatic N) is 1. The number of piperidine rings is 1. The van der Waals surface area contributed by atoms with Gasteiger partial charge in [-0.3, -0.25) is 0 Å². The third-order valence-corrected chi connectivity index (χ3v) is 4.07. The van der Waals surface area contributed by atoms with Crippen LogP contribution < -0.4 is 11.1 Å². The Morgan fingerprint density at radius 1 is 1.21 bits per heavy atom. The van der Waals surface area contributed by atoms with Gasteiger partial charge in [0.2, 0.25) is 0 Å². The van der Waals surface area contributed by atoms with E-state index in [0.717, 1.165) is 38.3 Å². The van der Waals surface area contributed by atoms with Crippen molar-refractivity contribution in [2.45, 2.75) is 64.6 Å². The number of nitrogens with one attached hydrogen (secondary N) is 1. The van der Waals surface area contributed by atoms with Crippen molar-refractivity contribution >= 4 is 0 Å². The fourth-order valence-corrected chi connectivity index (χ4v) is 3.18. The second-order valence-electron chi connectivity index (χ2n) is 6.81. The van der Waals surface area contributed by atoms with Gasteiger partial charge in [0.15, 0.2) is 0 Å². The Bertz CT molecular complexity index is 248. The third-order valence-electron chi connectivity index (χ3n) is 4.07. The number of hydrogen-bond acceptors (Lipinski definition) is 4. The van der Waals surface area contributed by atoms with E-state index >= 15 is 0 Å².